The van der Waals surface area contributed by atoms with Crippen LogP contribution in [0.15, 0.2) is 30.5 Å². The van der Waals surface area contributed by atoms with Gasteiger partial charge in [-0.3, -0.25) is 10.6 Å². The molecule has 2 heterocycles. The van der Waals surface area contributed by atoms with Crippen molar-refractivity contribution in [3.63, 3.8) is 0 Å². The highest BCUT2D eigenvalue weighted by molar-refractivity contribution is 5.89. The molecular weight excluding hydrogens is 491 g/mol. The lowest BCUT2D eigenvalue weighted by atomic mass is 10.0. The number of urea groups is 1. The molecule has 1 aliphatic rings. The summed E-state index contributed by atoms with van der Waals surface area (Å²) >= 11 is 0. The van der Waals surface area contributed by atoms with Crippen molar-refractivity contribution in [1.29, 1.82) is 5.26 Å². The fraction of sp³-hybridized carbons (Fsp3) is 0.458. The first-order chi connectivity index (χ1) is 17.2. The Morgan fingerprint density at radius 1 is 1.11 bits per heavy atom. The van der Waals surface area contributed by atoms with E-state index >= 15 is 0 Å². The number of hydrogen-bond donors (Lipinski definition) is 2. The maximum Gasteiger partial charge on any atom is 0.417 e. The van der Waals surface area contributed by atoms with Crippen LogP contribution in [0.5, 0.6) is 0 Å². The van der Waals surface area contributed by atoms with Crippen LogP contribution in [-0.4, -0.2) is 57.8 Å². The third-order valence-corrected chi connectivity index (χ3v) is 5.51. The van der Waals surface area contributed by atoms with Gasteiger partial charge in [0.1, 0.15) is 11.4 Å². The van der Waals surface area contributed by atoms with Crippen molar-refractivity contribution in [3.8, 4) is 6.07 Å². The number of halogens is 3. The number of benzene rings is 1. The molecule has 0 radical (unpaired) electrons. The Hall–Kier alpha value is -4.08. The average molecular weight is 520 g/mol. The van der Waals surface area contributed by atoms with E-state index in [1.807, 2.05) is 0 Å². The predicted octanol–water partition coefficient (Wildman–Crippen LogP) is 4.85. The minimum Gasteiger partial charge on any atom is -0.444 e. The van der Waals surface area contributed by atoms with Gasteiger partial charge in [-0.25, -0.2) is 14.6 Å². The third kappa shape index (κ3) is 6.99. The standard InChI is InChI=1S/C24H28F3N7O3/c1-14-13-34(15(2)12-33(14)17-7-6-16(11-28)18(10-17)24(25,26)27)21(35)31-19-8-9-29-20(30-19)32-22(36)37-23(3,4)5/h6-10,14-15H,12-13H2,1-5H3,(H2,29,30,31,32,35,36)/t14-,15+/m0/s1. The molecule has 1 saturated heterocycles. The van der Waals surface area contributed by atoms with Gasteiger partial charge >= 0.3 is 18.3 Å². The quantitative estimate of drug-likeness (QED) is 0.594. The molecule has 2 aromatic rings. The van der Waals surface area contributed by atoms with E-state index in [9.17, 15) is 22.8 Å². The molecule has 0 aliphatic carbocycles. The second-order valence-corrected chi connectivity index (χ2v) is 9.66. The molecular formula is C24H28F3N7O3. The summed E-state index contributed by atoms with van der Waals surface area (Å²) in [6.07, 6.45) is -4.04. The van der Waals surface area contributed by atoms with Gasteiger partial charge in [-0.05, 0) is 58.9 Å². The monoisotopic (exact) mass is 519 g/mol. The number of nitrogens with one attached hydrogen (secondary N) is 2. The number of carbonyl (C=O) groups excluding carboxylic acids is 2. The average Bonchev–Trinajstić information content (AvgIpc) is 2.78. The molecule has 10 nitrogen and oxygen atoms in total. The van der Waals surface area contributed by atoms with Gasteiger partial charge in [-0.15, -0.1) is 0 Å². The van der Waals surface area contributed by atoms with Gasteiger partial charge in [0, 0.05) is 37.1 Å². The van der Waals surface area contributed by atoms with Crippen molar-refractivity contribution < 1.29 is 27.5 Å². The van der Waals surface area contributed by atoms with Crippen molar-refractivity contribution >= 4 is 29.6 Å². The zero-order chi connectivity index (χ0) is 27.5. The Labute approximate surface area is 212 Å². The minimum absolute atomic E-state index is 0.0560. The summed E-state index contributed by atoms with van der Waals surface area (Å²) in [5, 5.41) is 14.1. The largest absolute Gasteiger partial charge is 0.444 e. The van der Waals surface area contributed by atoms with Crippen LogP contribution in [-0.2, 0) is 10.9 Å². The van der Waals surface area contributed by atoms with Crippen LogP contribution >= 0.6 is 0 Å². The van der Waals surface area contributed by atoms with Crippen LogP contribution < -0.4 is 15.5 Å². The van der Waals surface area contributed by atoms with E-state index in [-0.39, 0.29) is 36.9 Å². The Morgan fingerprint density at radius 2 is 1.81 bits per heavy atom. The minimum atomic E-state index is -4.66. The predicted molar refractivity (Wildman–Crippen MR) is 130 cm³/mol. The van der Waals surface area contributed by atoms with Crippen LogP contribution in [0, 0.1) is 11.3 Å². The number of ether oxygens (including phenoxy) is 1. The number of piperazine rings is 1. The van der Waals surface area contributed by atoms with Crippen molar-refractivity contribution in [3.05, 3.63) is 41.6 Å². The Bertz CT molecular complexity index is 1210. The Kier molecular flexibility index (Phi) is 7.80. The summed E-state index contributed by atoms with van der Waals surface area (Å²) in [5.41, 5.74) is -1.83. The van der Waals surface area contributed by atoms with Crippen molar-refractivity contribution in [2.75, 3.05) is 28.6 Å². The van der Waals surface area contributed by atoms with E-state index in [0.29, 0.717) is 5.69 Å². The van der Waals surface area contributed by atoms with Gasteiger partial charge in [-0.1, -0.05) is 0 Å². The highest BCUT2D eigenvalue weighted by atomic mass is 19.4. The number of nitriles is 1. The SMILES string of the molecule is C[C@@H]1CN(c2ccc(C#N)c(C(F)(F)F)c2)[C@@H](C)CN1C(=O)Nc1ccnc(NC(=O)OC(C)(C)C)n1. The summed E-state index contributed by atoms with van der Waals surface area (Å²) in [4.78, 5) is 36.3. The molecule has 2 N–H and O–H groups in total. The Morgan fingerprint density at radius 3 is 2.43 bits per heavy atom. The molecule has 3 rings (SSSR count). The summed E-state index contributed by atoms with van der Waals surface area (Å²) in [5.74, 6) is 0.0924. The van der Waals surface area contributed by atoms with Crippen molar-refractivity contribution in [1.82, 2.24) is 14.9 Å². The van der Waals surface area contributed by atoms with Crippen LogP contribution in [0.3, 0.4) is 0 Å². The molecule has 13 heteroatoms. The summed E-state index contributed by atoms with van der Waals surface area (Å²) in [6.45, 7) is 9.20. The van der Waals surface area contributed by atoms with Gasteiger partial charge in [0.25, 0.3) is 0 Å². The first kappa shape index (κ1) is 27.5. The molecule has 37 heavy (non-hydrogen) atoms. The molecule has 2 atom stereocenters. The number of amides is 3. The summed E-state index contributed by atoms with van der Waals surface area (Å²) in [6, 6.07) is 5.51. The molecule has 0 spiro atoms. The number of rotatable bonds is 3. The molecule has 198 valence electrons. The lowest BCUT2D eigenvalue weighted by molar-refractivity contribution is -0.137. The third-order valence-electron chi connectivity index (χ3n) is 5.51. The van der Waals surface area contributed by atoms with Gasteiger partial charge in [0.05, 0.1) is 17.2 Å². The molecule has 3 amide bonds. The fourth-order valence-corrected chi connectivity index (χ4v) is 3.88. The maximum absolute atomic E-state index is 13.4. The first-order valence-corrected chi connectivity index (χ1v) is 11.5. The first-order valence-electron chi connectivity index (χ1n) is 11.5. The van der Waals surface area contributed by atoms with Crippen LogP contribution in [0.25, 0.3) is 0 Å². The maximum atomic E-state index is 13.4. The van der Waals surface area contributed by atoms with E-state index in [0.717, 1.165) is 12.1 Å². The Balaban J connectivity index is 1.69. The zero-order valence-electron chi connectivity index (χ0n) is 21.1. The number of carbonyl (C=O) groups is 2. The lowest BCUT2D eigenvalue weighted by Crippen LogP contribution is -2.59. The fourth-order valence-electron chi connectivity index (χ4n) is 3.88. The van der Waals surface area contributed by atoms with E-state index in [2.05, 4.69) is 20.6 Å². The highest BCUT2D eigenvalue weighted by Crippen LogP contribution is 2.35. The van der Waals surface area contributed by atoms with E-state index in [1.54, 1.807) is 50.5 Å². The molecule has 1 fully saturated rings. The molecule has 1 aromatic carbocycles. The number of hydrogen-bond acceptors (Lipinski definition) is 7. The van der Waals surface area contributed by atoms with E-state index in [4.69, 9.17) is 10.00 Å². The molecule has 0 saturated carbocycles. The van der Waals surface area contributed by atoms with Gasteiger partial charge in [0.15, 0.2) is 0 Å². The topological polar surface area (TPSA) is 123 Å². The van der Waals surface area contributed by atoms with Crippen molar-refractivity contribution in [2.45, 2.75) is 58.5 Å². The van der Waals surface area contributed by atoms with Crippen LogP contribution in [0.2, 0.25) is 0 Å². The smallest absolute Gasteiger partial charge is 0.417 e. The molecule has 0 unspecified atom stereocenters. The summed E-state index contributed by atoms with van der Waals surface area (Å²) < 4.78 is 45.5. The molecule has 0 bridgehead atoms. The highest BCUT2D eigenvalue weighted by Gasteiger charge is 2.36. The van der Waals surface area contributed by atoms with Gasteiger partial charge in [-0.2, -0.15) is 23.4 Å². The normalized spacial score (nSPS) is 18.1. The number of alkyl halides is 3. The summed E-state index contributed by atoms with van der Waals surface area (Å²) in [7, 11) is 0. The van der Waals surface area contributed by atoms with E-state index in [1.165, 1.54) is 18.3 Å². The molecule has 1 aliphatic heterocycles. The van der Waals surface area contributed by atoms with Gasteiger partial charge < -0.3 is 14.5 Å². The van der Waals surface area contributed by atoms with Crippen LogP contribution in [0.1, 0.15) is 45.7 Å². The van der Waals surface area contributed by atoms with Crippen molar-refractivity contribution in [2.24, 2.45) is 0 Å². The van der Waals surface area contributed by atoms with E-state index < -0.39 is 35.0 Å². The number of nitrogens with zero attached hydrogens (tertiary/aromatic N) is 5. The second-order valence-electron chi connectivity index (χ2n) is 9.66. The number of anilines is 3. The number of aromatic nitrogens is 2. The zero-order valence-corrected chi connectivity index (χ0v) is 21.1. The van der Waals surface area contributed by atoms with Gasteiger partial charge in [0.2, 0.25) is 5.95 Å². The second kappa shape index (κ2) is 10.5. The molecule has 1 aromatic heterocycles. The lowest BCUT2D eigenvalue weighted by Gasteiger charge is -2.45. The van der Waals surface area contributed by atoms with Crippen LogP contribution in [0.4, 0.5) is 40.2 Å².